The van der Waals surface area contributed by atoms with E-state index in [1.807, 2.05) is 11.0 Å². The van der Waals surface area contributed by atoms with Gasteiger partial charge in [-0.05, 0) is 31.5 Å². The van der Waals surface area contributed by atoms with Crippen molar-refractivity contribution in [3.63, 3.8) is 0 Å². The predicted molar refractivity (Wildman–Crippen MR) is 120 cm³/mol. The van der Waals surface area contributed by atoms with Crippen molar-refractivity contribution < 1.29 is 9.59 Å². The summed E-state index contributed by atoms with van der Waals surface area (Å²) in [5.74, 6) is -0.0612. The van der Waals surface area contributed by atoms with Crippen LogP contribution in [0.5, 0.6) is 0 Å². The Kier molecular flexibility index (Phi) is 6.55. The van der Waals surface area contributed by atoms with Crippen molar-refractivity contribution in [2.24, 2.45) is 0 Å². The summed E-state index contributed by atoms with van der Waals surface area (Å²) in [4.78, 5) is 32.1. The summed E-state index contributed by atoms with van der Waals surface area (Å²) >= 11 is 12.0. The molecule has 0 radical (unpaired) electrons. The van der Waals surface area contributed by atoms with E-state index < -0.39 is 0 Å². The van der Waals surface area contributed by atoms with Crippen LogP contribution in [0, 0.1) is 0 Å². The van der Waals surface area contributed by atoms with E-state index in [4.69, 9.17) is 23.2 Å². The van der Waals surface area contributed by atoms with Gasteiger partial charge in [-0.2, -0.15) is 5.10 Å². The van der Waals surface area contributed by atoms with Gasteiger partial charge in [0.2, 0.25) is 5.91 Å². The Labute approximate surface area is 192 Å². The molecule has 2 aliphatic rings. The fourth-order valence-corrected chi connectivity index (χ4v) is 4.53. The number of amides is 2. The van der Waals surface area contributed by atoms with Gasteiger partial charge in [0.05, 0.1) is 16.5 Å². The van der Waals surface area contributed by atoms with E-state index in [1.54, 1.807) is 17.0 Å². The fourth-order valence-electron chi connectivity index (χ4n) is 4.21. The molecule has 2 aromatic rings. The molecule has 166 valence electrons. The largest absolute Gasteiger partial charge is 0.338 e. The summed E-state index contributed by atoms with van der Waals surface area (Å²) in [7, 11) is 0. The van der Waals surface area contributed by atoms with E-state index in [0.29, 0.717) is 54.4 Å². The third kappa shape index (κ3) is 4.73. The Bertz CT molecular complexity index is 982. The number of hydrogen-bond donors (Lipinski definition) is 1. The highest BCUT2D eigenvalue weighted by Crippen LogP contribution is 2.25. The second-order valence-electron chi connectivity index (χ2n) is 8.44. The third-order valence-corrected chi connectivity index (χ3v) is 6.90. The predicted octanol–water partition coefficient (Wildman–Crippen LogP) is 3.01. The molecule has 0 bridgehead atoms. The van der Waals surface area contributed by atoms with E-state index in [9.17, 15) is 9.59 Å². The van der Waals surface area contributed by atoms with Crippen LogP contribution in [0.25, 0.3) is 0 Å². The number of halogens is 2. The number of carbonyl (C=O) groups excluding carboxylic acids is 2. The zero-order chi connectivity index (χ0) is 22.1. The van der Waals surface area contributed by atoms with Crippen molar-refractivity contribution in [1.29, 1.82) is 0 Å². The highest BCUT2D eigenvalue weighted by Gasteiger charge is 2.31. The monoisotopic (exact) mass is 463 g/mol. The molecule has 1 fully saturated rings. The zero-order valence-corrected chi connectivity index (χ0v) is 19.3. The zero-order valence-electron chi connectivity index (χ0n) is 17.8. The number of piperazine rings is 1. The minimum absolute atomic E-state index is 0.00538. The third-order valence-electron chi connectivity index (χ3n) is 6.16. The lowest BCUT2D eigenvalue weighted by Crippen LogP contribution is -2.51. The highest BCUT2D eigenvalue weighted by molar-refractivity contribution is 6.42. The van der Waals surface area contributed by atoms with E-state index in [2.05, 4.69) is 28.9 Å². The number of aromatic amines is 1. The second kappa shape index (κ2) is 9.18. The molecule has 0 aliphatic carbocycles. The van der Waals surface area contributed by atoms with Crippen LogP contribution in [0.2, 0.25) is 10.0 Å². The molecule has 1 aromatic heterocycles. The molecule has 1 aromatic carbocycles. The molecule has 2 amide bonds. The van der Waals surface area contributed by atoms with Crippen molar-refractivity contribution in [2.45, 2.75) is 39.3 Å². The van der Waals surface area contributed by atoms with Crippen molar-refractivity contribution in [3.8, 4) is 0 Å². The van der Waals surface area contributed by atoms with Crippen molar-refractivity contribution in [1.82, 2.24) is 24.9 Å². The van der Waals surface area contributed by atoms with Crippen molar-refractivity contribution >= 4 is 35.0 Å². The summed E-state index contributed by atoms with van der Waals surface area (Å²) in [5, 5.41) is 8.25. The Morgan fingerprint density at radius 3 is 2.48 bits per heavy atom. The number of rotatable bonds is 4. The van der Waals surface area contributed by atoms with Crippen LogP contribution in [-0.2, 0) is 24.2 Å². The number of nitrogens with one attached hydrogen (secondary N) is 1. The lowest BCUT2D eigenvalue weighted by Gasteiger charge is -2.37. The Morgan fingerprint density at radius 2 is 1.81 bits per heavy atom. The summed E-state index contributed by atoms with van der Waals surface area (Å²) in [6.07, 6.45) is 0.897. The van der Waals surface area contributed by atoms with Crippen LogP contribution in [-0.4, -0.2) is 75.5 Å². The minimum atomic E-state index is -0.0558. The molecule has 3 heterocycles. The van der Waals surface area contributed by atoms with Crippen LogP contribution in [0.15, 0.2) is 18.2 Å². The SMILES string of the molecule is CC(C)N1CCN(C(=O)c2n[nH]c3c2CN(C(=O)Cc2ccc(Cl)c(Cl)c2)CC3)CC1. The van der Waals surface area contributed by atoms with Gasteiger partial charge in [0.25, 0.3) is 5.91 Å². The van der Waals surface area contributed by atoms with Crippen LogP contribution < -0.4 is 0 Å². The molecule has 31 heavy (non-hydrogen) atoms. The quantitative estimate of drug-likeness (QED) is 0.755. The number of aromatic nitrogens is 2. The smallest absolute Gasteiger partial charge is 0.274 e. The maximum Gasteiger partial charge on any atom is 0.274 e. The maximum absolute atomic E-state index is 13.1. The molecule has 9 heteroatoms. The summed E-state index contributed by atoms with van der Waals surface area (Å²) < 4.78 is 0. The molecule has 4 rings (SSSR count). The van der Waals surface area contributed by atoms with Crippen molar-refractivity contribution in [3.05, 3.63) is 50.8 Å². The average Bonchev–Trinajstić information content (AvgIpc) is 3.19. The number of fused-ring (bicyclic) bond motifs is 1. The molecule has 0 spiro atoms. The fraction of sp³-hybridized carbons (Fsp3) is 0.500. The normalized spacial score (nSPS) is 17.2. The molecule has 1 N–H and O–H groups in total. The van der Waals surface area contributed by atoms with Crippen LogP contribution >= 0.6 is 23.2 Å². The van der Waals surface area contributed by atoms with E-state index in [-0.39, 0.29) is 18.2 Å². The van der Waals surface area contributed by atoms with Gasteiger partial charge in [0, 0.05) is 63.0 Å². The molecule has 0 unspecified atom stereocenters. The van der Waals surface area contributed by atoms with E-state index >= 15 is 0 Å². The lowest BCUT2D eigenvalue weighted by atomic mass is 10.0. The van der Waals surface area contributed by atoms with E-state index in [1.165, 1.54) is 0 Å². The molecule has 0 atom stereocenters. The van der Waals surface area contributed by atoms with Gasteiger partial charge in [0.15, 0.2) is 5.69 Å². The molecule has 0 saturated carbocycles. The van der Waals surface area contributed by atoms with Crippen molar-refractivity contribution in [2.75, 3.05) is 32.7 Å². The topological polar surface area (TPSA) is 72.5 Å². The Balaban J connectivity index is 1.43. The van der Waals surface area contributed by atoms with Crippen LogP contribution in [0.3, 0.4) is 0 Å². The Hall–Kier alpha value is -2.09. The maximum atomic E-state index is 13.1. The van der Waals surface area contributed by atoms with Gasteiger partial charge < -0.3 is 9.80 Å². The number of nitrogens with zero attached hydrogens (tertiary/aromatic N) is 4. The first-order chi connectivity index (χ1) is 14.8. The average molecular weight is 464 g/mol. The number of hydrogen-bond acceptors (Lipinski definition) is 4. The molecule has 1 saturated heterocycles. The van der Waals surface area contributed by atoms with Gasteiger partial charge in [-0.1, -0.05) is 29.3 Å². The van der Waals surface area contributed by atoms with Gasteiger partial charge in [-0.3, -0.25) is 19.6 Å². The van der Waals surface area contributed by atoms with Gasteiger partial charge >= 0.3 is 0 Å². The summed E-state index contributed by atoms with van der Waals surface area (Å²) in [6, 6.07) is 5.71. The number of carbonyl (C=O) groups is 2. The second-order valence-corrected chi connectivity index (χ2v) is 9.26. The number of benzene rings is 1. The minimum Gasteiger partial charge on any atom is -0.338 e. The highest BCUT2D eigenvalue weighted by atomic mass is 35.5. The first-order valence-corrected chi connectivity index (χ1v) is 11.4. The summed E-state index contributed by atoms with van der Waals surface area (Å²) in [5.41, 5.74) is 3.05. The van der Waals surface area contributed by atoms with Crippen LogP contribution in [0.1, 0.15) is 41.2 Å². The van der Waals surface area contributed by atoms with Gasteiger partial charge in [-0.25, -0.2) is 0 Å². The van der Waals surface area contributed by atoms with Crippen LogP contribution in [0.4, 0.5) is 0 Å². The molecular weight excluding hydrogens is 437 g/mol. The summed E-state index contributed by atoms with van der Waals surface area (Å²) in [6.45, 7) is 8.44. The van der Waals surface area contributed by atoms with Gasteiger partial charge in [0.1, 0.15) is 0 Å². The Morgan fingerprint density at radius 1 is 1.06 bits per heavy atom. The molecule has 7 nitrogen and oxygen atoms in total. The lowest BCUT2D eigenvalue weighted by molar-refractivity contribution is -0.131. The molecule has 2 aliphatic heterocycles. The first-order valence-electron chi connectivity index (χ1n) is 10.6. The standard InChI is InChI=1S/C22H27Cl2N5O2/c1-14(2)27-7-9-28(10-8-27)22(31)21-16-13-29(6-5-19(16)25-26-21)20(30)12-15-3-4-17(23)18(24)11-15/h3-4,11,14H,5-10,12-13H2,1-2H3,(H,25,26). The molecular formula is C22H27Cl2N5O2. The van der Waals surface area contributed by atoms with E-state index in [0.717, 1.165) is 29.9 Å². The van der Waals surface area contributed by atoms with Gasteiger partial charge in [-0.15, -0.1) is 0 Å². The number of H-pyrrole nitrogens is 1. The first kappa shape index (κ1) is 22.1.